The van der Waals surface area contributed by atoms with Gasteiger partial charge in [0.2, 0.25) is 15.9 Å². The molecule has 1 heterocycles. The highest BCUT2D eigenvalue weighted by Gasteiger charge is 2.18. The SMILES string of the molecule is NS(=O)(=O)c1ccccc1-c1ccc(C(=O)Cc2cc([N+](=O)[O-])ccc2CC(=O)Nc2ccc(Cl)cn2)cc1. The predicted molar refractivity (Wildman–Crippen MR) is 146 cm³/mol. The number of nitrogens with two attached hydrogens (primary N) is 1. The van der Waals surface area contributed by atoms with Crippen LogP contribution < -0.4 is 10.5 Å². The molecular formula is C27H21ClN4O6S. The quantitative estimate of drug-likeness (QED) is 0.171. The molecule has 0 atom stereocenters. The Morgan fingerprint density at radius 2 is 1.67 bits per heavy atom. The van der Waals surface area contributed by atoms with Crippen LogP contribution in [-0.2, 0) is 27.7 Å². The average molecular weight is 565 g/mol. The first kappa shape index (κ1) is 27.6. The largest absolute Gasteiger partial charge is 0.310 e. The Balaban J connectivity index is 1.56. The third kappa shape index (κ3) is 6.90. The molecule has 0 radical (unpaired) electrons. The first-order chi connectivity index (χ1) is 18.5. The van der Waals surface area contributed by atoms with Gasteiger partial charge >= 0.3 is 0 Å². The number of Topliss-reactive ketones (excluding diaryl/α,β-unsaturated/α-hetero) is 1. The fourth-order valence-corrected chi connectivity index (χ4v) is 4.81. The lowest BCUT2D eigenvalue weighted by atomic mass is 9.95. The zero-order valence-corrected chi connectivity index (χ0v) is 21.8. The monoisotopic (exact) mass is 564 g/mol. The zero-order chi connectivity index (χ0) is 28.2. The molecule has 3 aromatic carbocycles. The number of carbonyl (C=O) groups excluding carboxylic acids is 2. The first-order valence-corrected chi connectivity index (χ1v) is 13.4. The van der Waals surface area contributed by atoms with Gasteiger partial charge in [-0.15, -0.1) is 0 Å². The molecule has 12 heteroatoms. The normalized spacial score (nSPS) is 11.1. The fraction of sp³-hybridized carbons (Fsp3) is 0.0741. The summed E-state index contributed by atoms with van der Waals surface area (Å²) in [7, 11) is -3.96. The lowest BCUT2D eigenvalue weighted by molar-refractivity contribution is -0.384. The van der Waals surface area contributed by atoms with Crippen LogP contribution in [0.15, 0.2) is 90.0 Å². The number of nitro benzene ring substituents is 1. The van der Waals surface area contributed by atoms with Crippen molar-refractivity contribution in [3.63, 3.8) is 0 Å². The van der Waals surface area contributed by atoms with Crippen LogP contribution in [0.4, 0.5) is 11.5 Å². The molecule has 4 aromatic rings. The molecule has 0 saturated carbocycles. The number of nitro groups is 1. The Morgan fingerprint density at radius 1 is 0.949 bits per heavy atom. The van der Waals surface area contributed by atoms with Gasteiger partial charge in [0, 0.05) is 35.9 Å². The molecule has 10 nitrogen and oxygen atoms in total. The van der Waals surface area contributed by atoms with E-state index in [1.165, 1.54) is 48.7 Å². The van der Waals surface area contributed by atoms with Crippen molar-refractivity contribution in [3.8, 4) is 11.1 Å². The second-order valence-corrected chi connectivity index (χ2v) is 10.5. The minimum atomic E-state index is -3.96. The molecule has 3 N–H and O–H groups in total. The van der Waals surface area contributed by atoms with Gasteiger partial charge in [-0.2, -0.15) is 0 Å². The number of primary sulfonamides is 1. The summed E-state index contributed by atoms with van der Waals surface area (Å²) in [6.07, 6.45) is 1.04. The molecule has 0 unspecified atom stereocenters. The maximum absolute atomic E-state index is 13.1. The van der Waals surface area contributed by atoms with E-state index in [1.807, 2.05) is 0 Å². The molecular weight excluding hydrogens is 544 g/mol. The third-order valence-electron chi connectivity index (χ3n) is 5.81. The lowest BCUT2D eigenvalue weighted by Crippen LogP contribution is -2.17. The number of carbonyl (C=O) groups is 2. The van der Waals surface area contributed by atoms with Crippen LogP contribution in [0.1, 0.15) is 21.5 Å². The summed E-state index contributed by atoms with van der Waals surface area (Å²) in [5, 5.41) is 19.7. The molecule has 0 saturated heterocycles. The Kier molecular flexibility index (Phi) is 8.15. The maximum atomic E-state index is 13.1. The Morgan fingerprint density at radius 3 is 2.31 bits per heavy atom. The summed E-state index contributed by atoms with van der Waals surface area (Å²) >= 11 is 5.81. The number of hydrogen-bond donors (Lipinski definition) is 2. The van der Waals surface area contributed by atoms with Gasteiger partial charge in [0.25, 0.3) is 5.69 Å². The van der Waals surface area contributed by atoms with Crippen LogP contribution in [-0.4, -0.2) is 30.0 Å². The second kappa shape index (κ2) is 11.5. The number of rotatable bonds is 9. The number of nitrogens with zero attached hydrogens (tertiary/aromatic N) is 2. The molecule has 0 bridgehead atoms. The predicted octanol–water partition coefficient (Wildman–Crippen LogP) is 4.56. The van der Waals surface area contributed by atoms with Crippen LogP contribution >= 0.6 is 11.6 Å². The van der Waals surface area contributed by atoms with E-state index in [9.17, 15) is 28.1 Å². The van der Waals surface area contributed by atoms with Gasteiger partial charge in [0.1, 0.15) is 5.82 Å². The molecule has 0 spiro atoms. The smallest absolute Gasteiger partial charge is 0.269 e. The van der Waals surface area contributed by atoms with Crippen LogP contribution in [0, 0.1) is 10.1 Å². The van der Waals surface area contributed by atoms with Crippen molar-refractivity contribution in [1.82, 2.24) is 4.98 Å². The van der Waals surface area contributed by atoms with E-state index < -0.39 is 20.9 Å². The molecule has 1 aromatic heterocycles. The van der Waals surface area contributed by atoms with Gasteiger partial charge < -0.3 is 5.32 Å². The Labute approximate surface area is 228 Å². The Hall–Kier alpha value is -4.45. The minimum Gasteiger partial charge on any atom is -0.310 e. The molecule has 0 fully saturated rings. The average Bonchev–Trinajstić information content (AvgIpc) is 2.90. The number of pyridine rings is 1. The van der Waals surface area contributed by atoms with E-state index in [0.29, 0.717) is 32.8 Å². The minimum absolute atomic E-state index is 0.0441. The number of hydrogen-bond acceptors (Lipinski definition) is 7. The van der Waals surface area contributed by atoms with Gasteiger partial charge in [-0.25, -0.2) is 18.5 Å². The molecule has 39 heavy (non-hydrogen) atoms. The number of non-ortho nitro benzene ring substituents is 1. The number of halogens is 1. The van der Waals surface area contributed by atoms with Crippen molar-refractivity contribution in [1.29, 1.82) is 0 Å². The molecule has 0 aliphatic carbocycles. The van der Waals surface area contributed by atoms with Crippen molar-refractivity contribution in [3.05, 3.63) is 117 Å². The molecule has 1 amide bonds. The molecule has 0 aliphatic heterocycles. The van der Waals surface area contributed by atoms with Gasteiger partial charge in [-0.1, -0.05) is 60.1 Å². The van der Waals surface area contributed by atoms with Crippen LogP contribution in [0.2, 0.25) is 5.02 Å². The zero-order valence-electron chi connectivity index (χ0n) is 20.2. The van der Waals surface area contributed by atoms with E-state index in [1.54, 1.807) is 36.4 Å². The second-order valence-electron chi connectivity index (χ2n) is 8.52. The highest BCUT2D eigenvalue weighted by atomic mass is 35.5. The van der Waals surface area contributed by atoms with Crippen molar-refractivity contribution in [2.45, 2.75) is 17.7 Å². The molecule has 4 rings (SSSR count). The number of aromatic nitrogens is 1. The number of nitrogens with one attached hydrogen (secondary N) is 1. The number of sulfonamides is 1. The van der Waals surface area contributed by atoms with E-state index in [-0.39, 0.29) is 35.0 Å². The van der Waals surface area contributed by atoms with Crippen LogP contribution in [0.3, 0.4) is 0 Å². The standard InChI is InChI=1S/C27H21ClN4O6S/c28-21-10-12-26(30-16-21)31-27(34)15-19-9-11-22(32(35)36)13-20(19)14-24(33)18-7-5-17(6-8-18)23-3-1-2-4-25(23)39(29,37)38/h1-13,16H,14-15H2,(H2,29,37,38)(H,30,31,34). The van der Waals surface area contributed by atoms with Crippen LogP contribution in [0.25, 0.3) is 11.1 Å². The highest BCUT2D eigenvalue weighted by molar-refractivity contribution is 7.89. The number of amides is 1. The van der Waals surface area contributed by atoms with Gasteiger partial charge in [0.15, 0.2) is 5.78 Å². The van der Waals surface area contributed by atoms with E-state index in [2.05, 4.69) is 10.3 Å². The first-order valence-electron chi connectivity index (χ1n) is 11.4. The highest BCUT2D eigenvalue weighted by Crippen LogP contribution is 2.27. The summed E-state index contributed by atoms with van der Waals surface area (Å²) in [6, 6.07) is 19.6. The van der Waals surface area contributed by atoms with Gasteiger partial charge in [-0.3, -0.25) is 19.7 Å². The Bertz CT molecular complexity index is 1670. The van der Waals surface area contributed by atoms with Crippen molar-refractivity contribution in [2.75, 3.05) is 5.32 Å². The number of anilines is 1. The number of benzene rings is 3. The summed E-state index contributed by atoms with van der Waals surface area (Å²) in [6.45, 7) is 0. The van der Waals surface area contributed by atoms with Crippen molar-refractivity contribution >= 4 is 44.8 Å². The summed E-state index contributed by atoms with van der Waals surface area (Å²) < 4.78 is 23.9. The van der Waals surface area contributed by atoms with Gasteiger partial charge in [-0.05, 0) is 34.9 Å². The van der Waals surface area contributed by atoms with E-state index in [4.69, 9.17) is 16.7 Å². The molecule has 0 aliphatic rings. The fourth-order valence-electron chi connectivity index (χ4n) is 3.94. The topological polar surface area (TPSA) is 162 Å². The van der Waals surface area contributed by atoms with E-state index in [0.717, 1.165) is 0 Å². The van der Waals surface area contributed by atoms with Crippen molar-refractivity contribution < 1.29 is 22.9 Å². The molecule has 198 valence electrons. The van der Waals surface area contributed by atoms with Gasteiger partial charge in [0.05, 0.1) is 21.3 Å². The maximum Gasteiger partial charge on any atom is 0.269 e. The summed E-state index contributed by atoms with van der Waals surface area (Å²) in [5.41, 5.74) is 1.80. The summed E-state index contributed by atoms with van der Waals surface area (Å²) in [5.74, 6) is -0.485. The third-order valence-corrected chi connectivity index (χ3v) is 7.00. The van der Waals surface area contributed by atoms with E-state index >= 15 is 0 Å². The van der Waals surface area contributed by atoms with Crippen LogP contribution in [0.5, 0.6) is 0 Å². The van der Waals surface area contributed by atoms with Crippen molar-refractivity contribution in [2.24, 2.45) is 5.14 Å². The number of ketones is 1. The summed E-state index contributed by atoms with van der Waals surface area (Å²) in [4.78, 5) is 40.5. The lowest BCUT2D eigenvalue weighted by Gasteiger charge is -2.11.